The second-order valence-corrected chi connectivity index (χ2v) is 8.84. The summed E-state index contributed by atoms with van der Waals surface area (Å²) in [7, 11) is -2.48. The van der Waals surface area contributed by atoms with E-state index in [2.05, 4.69) is 10.3 Å². The van der Waals surface area contributed by atoms with Crippen LogP contribution in [0.25, 0.3) is 0 Å². The Bertz CT molecular complexity index is 1270. The summed E-state index contributed by atoms with van der Waals surface area (Å²) in [6, 6.07) is 7.98. The van der Waals surface area contributed by atoms with Crippen LogP contribution < -0.4 is 14.4 Å². The average Bonchev–Trinajstić information content (AvgIpc) is 3.12. The molecule has 3 aromatic rings. The molecule has 1 aromatic heterocycles. The van der Waals surface area contributed by atoms with Crippen molar-refractivity contribution < 1.29 is 31.1 Å². The maximum absolute atomic E-state index is 13.3. The lowest BCUT2D eigenvalue weighted by atomic mass is 10.2. The van der Waals surface area contributed by atoms with E-state index in [1.807, 2.05) is 0 Å². The lowest BCUT2D eigenvalue weighted by molar-refractivity contribution is -0.137. The van der Waals surface area contributed by atoms with Crippen LogP contribution >= 0.6 is 0 Å². The zero-order valence-corrected chi connectivity index (χ0v) is 17.4. The Kier molecular flexibility index (Phi) is 5.33. The Hall–Kier alpha value is -3.54. The van der Waals surface area contributed by atoms with Gasteiger partial charge >= 0.3 is 6.18 Å². The molecule has 4 rings (SSSR count). The lowest BCUT2D eigenvalue weighted by Crippen LogP contribution is -2.32. The number of carbonyl (C=O) groups is 1. The van der Waals surface area contributed by atoms with Crippen LogP contribution in [0.1, 0.15) is 16.1 Å². The zero-order chi connectivity index (χ0) is 23.1. The highest BCUT2D eigenvalue weighted by Crippen LogP contribution is 2.36. The number of hydrogen-bond donors (Lipinski definition) is 1. The van der Waals surface area contributed by atoms with Crippen molar-refractivity contribution in [2.45, 2.75) is 11.1 Å². The van der Waals surface area contributed by atoms with E-state index in [4.69, 9.17) is 4.74 Å². The highest BCUT2D eigenvalue weighted by Gasteiger charge is 2.33. The van der Waals surface area contributed by atoms with Gasteiger partial charge in [-0.05, 0) is 42.5 Å². The Labute approximate surface area is 181 Å². The van der Waals surface area contributed by atoms with E-state index in [1.165, 1.54) is 30.7 Å². The third-order valence-electron chi connectivity index (χ3n) is 4.74. The van der Waals surface area contributed by atoms with Crippen molar-refractivity contribution in [1.29, 1.82) is 0 Å². The number of hydrogen-bond acceptors (Lipinski definition) is 5. The van der Waals surface area contributed by atoms with E-state index in [-0.39, 0.29) is 40.9 Å². The summed E-state index contributed by atoms with van der Waals surface area (Å²) in [5.74, 6) is -0.452. The van der Waals surface area contributed by atoms with Crippen LogP contribution in [0.5, 0.6) is 5.75 Å². The number of rotatable bonds is 3. The van der Waals surface area contributed by atoms with E-state index in [9.17, 15) is 26.4 Å². The molecule has 2 aromatic carbocycles. The van der Waals surface area contributed by atoms with Crippen molar-refractivity contribution >= 4 is 27.3 Å². The standard InChI is InChI=1S/C20H17F3N4O4S/c1-26-11-16(24-12-26)19(28)25-14-4-7-17-18(10-14)32(29,30)27(8-9-31-17)15-5-2-13(3-6-15)20(21,22)23/h2-7,10-12H,8-9H2,1H3,(H,25,28). The van der Waals surface area contributed by atoms with Crippen molar-refractivity contribution in [3.63, 3.8) is 0 Å². The van der Waals surface area contributed by atoms with Gasteiger partial charge in [-0.25, -0.2) is 13.4 Å². The zero-order valence-electron chi connectivity index (χ0n) is 16.6. The molecule has 2 heterocycles. The first-order valence-electron chi connectivity index (χ1n) is 9.32. The molecule has 1 aliphatic rings. The van der Waals surface area contributed by atoms with Crippen molar-refractivity contribution in [3.05, 3.63) is 66.2 Å². The first-order chi connectivity index (χ1) is 15.1. The molecule has 0 spiro atoms. The van der Waals surface area contributed by atoms with Crippen LogP contribution in [0.2, 0.25) is 0 Å². The summed E-state index contributed by atoms with van der Waals surface area (Å²) in [6.45, 7) is -0.106. The molecular formula is C20H17F3N4O4S. The number of carbonyl (C=O) groups excluding carboxylic acids is 1. The molecule has 8 nitrogen and oxygen atoms in total. The van der Waals surface area contributed by atoms with Gasteiger partial charge < -0.3 is 14.6 Å². The van der Waals surface area contributed by atoms with Crippen molar-refractivity contribution in [3.8, 4) is 5.75 Å². The molecule has 0 unspecified atom stereocenters. The molecule has 32 heavy (non-hydrogen) atoms. The van der Waals surface area contributed by atoms with E-state index < -0.39 is 27.7 Å². The number of amides is 1. The Balaban J connectivity index is 1.66. The van der Waals surface area contributed by atoms with Crippen LogP contribution in [0.15, 0.2) is 59.9 Å². The number of ether oxygens (including phenoxy) is 1. The van der Waals surface area contributed by atoms with Gasteiger partial charge in [0, 0.05) is 18.9 Å². The fraction of sp³-hybridized carbons (Fsp3) is 0.200. The fourth-order valence-corrected chi connectivity index (χ4v) is 4.80. The third-order valence-corrected chi connectivity index (χ3v) is 6.59. The molecule has 0 radical (unpaired) electrons. The van der Waals surface area contributed by atoms with E-state index in [0.29, 0.717) is 0 Å². The predicted octanol–water partition coefficient (Wildman–Crippen LogP) is 3.28. The molecule has 1 N–H and O–H groups in total. The lowest BCUT2D eigenvalue weighted by Gasteiger charge is -2.22. The SMILES string of the molecule is Cn1cnc(C(=O)Nc2ccc3c(c2)S(=O)(=O)N(c2ccc(C(F)(F)F)cc2)CCO3)c1. The van der Waals surface area contributed by atoms with Gasteiger partial charge in [-0.2, -0.15) is 13.2 Å². The Morgan fingerprint density at radius 1 is 1.16 bits per heavy atom. The molecule has 0 fully saturated rings. The summed E-state index contributed by atoms with van der Waals surface area (Å²) < 4.78 is 73.3. The normalized spacial score (nSPS) is 15.4. The second kappa shape index (κ2) is 7.86. The number of benzene rings is 2. The topological polar surface area (TPSA) is 93.5 Å². The first-order valence-corrected chi connectivity index (χ1v) is 10.8. The number of fused-ring (bicyclic) bond motifs is 1. The van der Waals surface area contributed by atoms with Gasteiger partial charge in [0.25, 0.3) is 15.9 Å². The van der Waals surface area contributed by atoms with E-state index >= 15 is 0 Å². The number of anilines is 2. The van der Waals surface area contributed by atoms with Gasteiger partial charge in [-0.3, -0.25) is 9.10 Å². The van der Waals surface area contributed by atoms with E-state index in [0.717, 1.165) is 28.6 Å². The third kappa shape index (κ3) is 4.13. The summed E-state index contributed by atoms with van der Waals surface area (Å²) in [5, 5.41) is 2.58. The van der Waals surface area contributed by atoms with Gasteiger partial charge in [0.2, 0.25) is 0 Å². The summed E-state index contributed by atoms with van der Waals surface area (Å²) in [4.78, 5) is 16.1. The molecule has 12 heteroatoms. The molecule has 0 atom stereocenters. The largest absolute Gasteiger partial charge is 0.490 e. The average molecular weight is 466 g/mol. The minimum absolute atomic E-state index is 0.00705. The summed E-state index contributed by atoms with van der Waals surface area (Å²) >= 11 is 0. The fourth-order valence-electron chi connectivity index (χ4n) is 3.19. The van der Waals surface area contributed by atoms with Gasteiger partial charge in [-0.15, -0.1) is 0 Å². The summed E-state index contributed by atoms with van der Waals surface area (Å²) in [6.07, 6.45) is -1.58. The quantitative estimate of drug-likeness (QED) is 0.640. The molecule has 0 saturated carbocycles. The molecule has 1 aliphatic heterocycles. The minimum atomic E-state index is -4.54. The maximum Gasteiger partial charge on any atom is 0.416 e. The Morgan fingerprint density at radius 2 is 1.88 bits per heavy atom. The van der Waals surface area contributed by atoms with Gasteiger partial charge in [0.15, 0.2) is 0 Å². The van der Waals surface area contributed by atoms with Crippen LogP contribution in [-0.4, -0.2) is 37.0 Å². The molecule has 0 saturated heterocycles. The van der Waals surface area contributed by atoms with Crippen LogP contribution in [-0.2, 0) is 23.2 Å². The molecular weight excluding hydrogens is 449 g/mol. The van der Waals surface area contributed by atoms with Gasteiger partial charge in [0.05, 0.1) is 24.1 Å². The summed E-state index contributed by atoms with van der Waals surface area (Å²) in [5.41, 5.74) is -0.476. The smallest absolute Gasteiger partial charge is 0.416 e. The number of aromatic nitrogens is 2. The predicted molar refractivity (Wildman–Crippen MR) is 109 cm³/mol. The number of halogens is 3. The minimum Gasteiger partial charge on any atom is -0.490 e. The number of imidazole rings is 1. The van der Waals surface area contributed by atoms with Crippen LogP contribution in [0.3, 0.4) is 0 Å². The number of nitrogens with one attached hydrogen (secondary N) is 1. The number of alkyl halides is 3. The highest BCUT2D eigenvalue weighted by molar-refractivity contribution is 7.93. The van der Waals surface area contributed by atoms with Gasteiger partial charge in [0.1, 0.15) is 22.9 Å². The number of sulfonamides is 1. The monoisotopic (exact) mass is 466 g/mol. The first kappa shape index (κ1) is 21.7. The van der Waals surface area contributed by atoms with Crippen molar-refractivity contribution in [2.75, 3.05) is 22.8 Å². The van der Waals surface area contributed by atoms with E-state index in [1.54, 1.807) is 11.6 Å². The molecule has 0 bridgehead atoms. The molecule has 1 amide bonds. The Morgan fingerprint density at radius 3 is 2.50 bits per heavy atom. The second-order valence-electron chi connectivity index (χ2n) is 7.01. The number of nitrogens with zero attached hydrogens (tertiary/aromatic N) is 3. The highest BCUT2D eigenvalue weighted by atomic mass is 32.2. The number of aryl methyl sites for hydroxylation is 1. The van der Waals surface area contributed by atoms with Gasteiger partial charge in [-0.1, -0.05) is 0 Å². The van der Waals surface area contributed by atoms with Crippen LogP contribution in [0.4, 0.5) is 24.5 Å². The van der Waals surface area contributed by atoms with Crippen molar-refractivity contribution in [1.82, 2.24) is 9.55 Å². The molecule has 0 aliphatic carbocycles. The van der Waals surface area contributed by atoms with Crippen molar-refractivity contribution in [2.24, 2.45) is 7.05 Å². The molecule has 168 valence electrons. The van der Waals surface area contributed by atoms with Crippen LogP contribution in [0, 0.1) is 0 Å². The maximum atomic E-state index is 13.3.